The summed E-state index contributed by atoms with van der Waals surface area (Å²) in [6.07, 6.45) is 3.77. The number of hydrogen-bond acceptors (Lipinski definition) is 2. The van der Waals surface area contributed by atoms with E-state index in [4.69, 9.17) is 10.8 Å². The number of nitrogens with two attached hydrogens (primary N) is 1. The molecule has 0 rings (SSSR count). The molecule has 0 aromatic heterocycles. The molecule has 0 aliphatic rings. The highest BCUT2D eigenvalue weighted by Crippen LogP contribution is 2.01. The molecular formula is C7H17NO. The summed E-state index contributed by atoms with van der Waals surface area (Å²) in [5, 5.41) is 9.10. The highest BCUT2D eigenvalue weighted by molar-refractivity contribution is 4.54. The Morgan fingerprint density at radius 2 is 2.11 bits per heavy atom. The Balaban J connectivity index is 2.95. The highest BCUT2D eigenvalue weighted by atomic mass is 16.3. The van der Waals surface area contributed by atoms with Crippen LogP contribution in [0, 0.1) is 0 Å². The van der Waals surface area contributed by atoms with Crippen LogP contribution in [0.1, 0.15) is 32.6 Å². The SMILES string of the molecule is CCCCC(O)CCN. The fourth-order valence-corrected chi connectivity index (χ4v) is 0.776. The Hall–Kier alpha value is -0.0800. The van der Waals surface area contributed by atoms with E-state index in [1.807, 2.05) is 0 Å². The lowest BCUT2D eigenvalue weighted by Crippen LogP contribution is -2.12. The quantitative estimate of drug-likeness (QED) is 0.582. The largest absolute Gasteiger partial charge is 0.393 e. The lowest BCUT2D eigenvalue weighted by atomic mass is 10.1. The van der Waals surface area contributed by atoms with Gasteiger partial charge in [0.15, 0.2) is 0 Å². The fourth-order valence-electron chi connectivity index (χ4n) is 0.776. The lowest BCUT2D eigenvalue weighted by molar-refractivity contribution is 0.154. The van der Waals surface area contributed by atoms with E-state index in [2.05, 4.69) is 6.92 Å². The lowest BCUT2D eigenvalue weighted by Gasteiger charge is -2.06. The molecule has 0 saturated heterocycles. The second kappa shape index (κ2) is 6.05. The topological polar surface area (TPSA) is 46.2 Å². The van der Waals surface area contributed by atoms with Gasteiger partial charge in [0.2, 0.25) is 0 Å². The Morgan fingerprint density at radius 1 is 1.44 bits per heavy atom. The van der Waals surface area contributed by atoms with Gasteiger partial charge in [0.1, 0.15) is 0 Å². The van der Waals surface area contributed by atoms with Gasteiger partial charge in [-0.25, -0.2) is 0 Å². The van der Waals surface area contributed by atoms with Crippen molar-refractivity contribution in [1.82, 2.24) is 0 Å². The summed E-state index contributed by atoms with van der Waals surface area (Å²) in [5.74, 6) is 0. The third-order valence-electron chi connectivity index (χ3n) is 1.39. The molecule has 0 heterocycles. The first-order chi connectivity index (χ1) is 4.31. The van der Waals surface area contributed by atoms with Crippen molar-refractivity contribution in [3.8, 4) is 0 Å². The van der Waals surface area contributed by atoms with Crippen LogP contribution in [0.15, 0.2) is 0 Å². The molecule has 0 fully saturated rings. The van der Waals surface area contributed by atoms with E-state index in [-0.39, 0.29) is 6.10 Å². The molecule has 0 aromatic carbocycles. The molecule has 2 heteroatoms. The van der Waals surface area contributed by atoms with Gasteiger partial charge >= 0.3 is 0 Å². The molecule has 0 aliphatic carbocycles. The molecule has 1 unspecified atom stereocenters. The Morgan fingerprint density at radius 3 is 2.56 bits per heavy atom. The fraction of sp³-hybridized carbons (Fsp3) is 1.00. The molecule has 1 atom stereocenters. The van der Waals surface area contributed by atoms with E-state index in [9.17, 15) is 0 Å². The number of aliphatic hydroxyl groups is 1. The molecular weight excluding hydrogens is 114 g/mol. The monoisotopic (exact) mass is 131 g/mol. The molecule has 9 heavy (non-hydrogen) atoms. The summed E-state index contributed by atoms with van der Waals surface area (Å²) in [7, 11) is 0. The van der Waals surface area contributed by atoms with Crippen molar-refractivity contribution in [3.63, 3.8) is 0 Å². The number of rotatable bonds is 5. The number of aliphatic hydroxyl groups excluding tert-OH is 1. The standard InChI is InChI=1S/C7H17NO/c1-2-3-4-7(9)5-6-8/h7,9H,2-6,8H2,1H3. The first-order valence-corrected chi connectivity index (χ1v) is 3.69. The summed E-state index contributed by atoms with van der Waals surface area (Å²) in [6, 6.07) is 0. The summed E-state index contributed by atoms with van der Waals surface area (Å²) >= 11 is 0. The molecule has 0 aromatic rings. The third kappa shape index (κ3) is 5.80. The zero-order chi connectivity index (χ0) is 7.11. The second-order valence-electron chi connectivity index (χ2n) is 2.37. The van der Waals surface area contributed by atoms with Crippen LogP contribution in [0.2, 0.25) is 0 Å². The molecule has 56 valence electrons. The third-order valence-corrected chi connectivity index (χ3v) is 1.39. The predicted octanol–water partition coefficient (Wildman–Crippen LogP) is 0.886. The minimum Gasteiger partial charge on any atom is -0.393 e. The van der Waals surface area contributed by atoms with Crippen molar-refractivity contribution in [3.05, 3.63) is 0 Å². The van der Waals surface area contributed by atoms with Crippen LogP contribution >= 0.6 is 0 Å². The van der Waals surface area contributed by atoms with Gasteiger partial charge in [0.05, 0.1) is 6.10 Å². The summed E-state index contributed by atoms with van der Waals surface area (Å²) in [6.45, 7) is 2.72. The van der Waals surface area contributed by atoms with Crippen LogP contribution in [-0.2, 0) is 0 Å². The van der Waals surface area contributed by atoms with E-state index >= 15 is 0 Å². The van der Waals surface area contributed by atoms with Crippen molar-refractivity contribution >= 4 is 0 Å². The molecule has 0 spiro atoms. The predicted molar refractivity (Wildman–Crippen MR) is 39.2 cm³/mol. The molecule has 0 radical (unpaired) electrons. The van der Waals surface area contributed by atoms with Crippen molar-refractivity contribution in [2.24, 2.45) is 5.73 Å². The molecule has 2 nitrogen and oxygen atoms in total. The molecule has 3 N–H and O–H groups in total. The maximum atomic E-state index is 9.10. The molecule has 0 amide bonds. The van der Waals surface area contributed by atoms with Crippen molar-refractivity contribution in [2.45, 2.75) is 38.7 Å². The highest BCUT2D eigenvalue weighted by Gasteiger charge is 1.99. The van der Waals surface area contributed by atoms with Crippen LogP contribution < -0.4 is 5.73 Å². The average molecular weight is 131 g/mol. The van der Waals surface area contributed by atoms with Gasteiger partial charge < -0.3 is 10.8 Å². The minimum atomic E-state index is -0.157. The Bertz CT molecular complexity index is 56.9. The summed E-state index contributed by atoms with van der Waals surface area (Å²) < 4.78 is 0. The van der Waals surface area contributed by atoms with E-state index in [0.29, 0.717) is 6.54 Å². The van der Waals surface area contributed by atoms with Crippen LogP contribution in [0.4, 0.5) is 0 Å². The first-order valence-electron chi connectivity index (χ1n) is 3.69. The number of unbranched alkanes of at least 4 members (excludes halogenated alkanes) is 1. The zero-order valence-corrected chi connectivity index (χ0v) is 6.14. The van der Waals surface area contributed by atoms with Gasteiger partial charge in [-0.1, -0.05) is 19.8 Å². The van der Waals surface area contributed by atoms with Gasteiger partial charge in [-0.2, -0.15) is 0 Å². The van der Waals surface area contributed by atoms with Crippen LogP contribution in [0.3, 0.4) is 0 Å². The minimum absolute atomic E-state index is 0.157. The van der Waals surface area contributed by atoms with Gasteiger partial charge in [0, 0.05) is 0 Å². The molecule has 0 bridgehead atoms. The van der Waals surface area contributed by atoms with Gasteiger partial charge in [-0.3, -0.25) is 0 Å². The summed E-state index contributed by atoms with van der Waals surface area (Å²) in [5.41, 5.74) is 5.24. The van der Waals surface area contributed by atoms with E-state index in [0.717, 1.165) is 25.7 Å². The van der Waals surface area contributed by atoms with Crippen LogP contribution in [-0.4, -0.2) is 17.8 Å². The van der Waals surface area contributed by atoms with Crippen LogP contribution in [0.25, 0.3) is 0 Å². The molecule has 0 saturated carbocycles. The van der Waals surface area contributed by atoms with Crippen LogP contribution in [0.5, 0.6) is 0 Å². The zero-order valence-electron chi connectivity index (χ0n) is 6.14. The van der Waals surface area contributed by atoms with E-state index < -0.39 is 0 Å². The maximum absolute atomic E-state index is 9.10. The normalized spacial score (nSPS) is 13.7. The van der Waals surface area contributed by atoms with E-state index in [1.54, 1.807) is 0 Å². The van der Waals surface area contributed by atoms with Gasteiger partial charge in [0.25, 0.3) is 0 Å². The Kier molecular flexibility index (Phi) is 5.99. The Labute approximate surface area is 57.1 Å². The maximum Gasteiger partial charge on any atom is 0.0552 e. The summed E-state index contributed by atoms with van der Waals surface area (Å²) in [4.78, 5) is 0. The van der Waals surface area contributed by atoms with E-state index in [1.165, 1.54) is 0 Å². The van der Waals surface area contributed by atoms with Crippen molar-refractivity contribution in [2.75, 3.05) is 6.54 Å². The van der Waals surface area contributed by atoms with Crippen molar-refractivity contribution in [1.29, 1.82) is 0 Å². The van der Waals surface area contributed by atoms with Crippen molar-refractivity contribution < 1.29 is 5.11 Å². The van der Waals surface area contributed by atoms with Gasteiger partial charge in [-0.15, -0.1) is 0 Å². The second-order valence-corrected chi connectivity index (χ2v) is 2.37. The number of hydrogen-bond donors (Lipinski definition) is 2. The van der Waals surface area contributed by atoms with Gasteiger partial charge in [-0.05, 0) is 19.4 Å². The first kappa shape index (κ1) is 8.92. The molecule has 0 aliphatic heterocycles. The average Bonchev–Trinajstić information content (AvgIpc) is 1.85. The smallest absolute Gasteiger partial charge is 0.0552 e.